The largest absolute Gasteiger partial charge is 0.375 e. The van der Waals surface area contributed by atoms with E-state index in [0.29, 0.717) is 12.0 Å². The summed E-state index contributed by atoms with van der Waals surface area (Å²) in [6, 6.07) is 12.3. The smallest absolute Gasteiger partial charge is 0.256 e. The van der Waals surface area contributed by atoms with Gasteiger partial charge in [0.05, 0.1) is 5.60 Å². The first-order chi connectivity index (χ1) is 16.5. The minimum atomic E-state index is -1.17. The first-order valence-corrected chi connectivity index (χ1v) is 12.9. The van der Waals surface area contributed by atoms with Crippen LogP contribution in [0.1, 0.15) is 91.0 Å². The van der Waals surface area contributed by atoms with E-state index < -0.39 is 5.72 Å². The van der Waals surface area contributed by atoms with Crippen molar-refractivity contribution in [1.82, 2.24) is 15.2 Å². The molecule has 0 bridgehead atoms. The minimum Gasteiger partial charge on any atom is -0.375 e. The molecule has 6 nitrogen and oxygen atoms in total. The van der Waals surface area contributed by atoms with Crippen LogP contribution in [0.5, 0.6) is 0 Å². The Morgan fingerprint density at radius 3 is 2.79 bits per heavy atom. The zero-order chi connectivity index (χ0) is 23.4. The third-order valence-corrected chi connectivity index (χ3v) is 9.11. The monoisotopic (exact) mass is 461 g/mol. The molecule has 3 atom stereocenters. The van der Waals surface area contributed by atoms with Crippen molar-refractivity contribution in [3.8, 4) is 0 Å². The molecule has 2 aromatic rings. The number of benzene rings is 1. The molecule has 2 unspecified atom stereocenters. The number of amides is 1. The third kappa shape index (κ3) is 3.34. The molecule has 6 rings (SSSR count). The molecule has 34 heavy (non-hydrogen) atoms. The van der Waals surface area contributed by atoms with Crippen LogP contribution >= 0.6 is 0 Å². The third-order valence-electron chi connectivity index (χ3n) is 9.11. The van der Waals surface area contributed by atoms with Gasteiger partial charge in [-0.25, -0.2) is 0 Å². The van der Waals surface area contributed by atoms with Gasteiger partial charge in [0.1, 0.15) is 0 Å². The molecule has 1 amide bonds. The number of nitrogens with one attached hydrogen (secondary N) is 1. The van der Waals surface area contributed by atoms with Gasteiger partial charge in [-0.15, -0.1) is 0 Å². The Morgan fingerprint density at radius 1 is 1.15 bits per heavy atom. The molecule has 3 heterocycles. The summed E-state index contributed by atoms with van der Waals surface area (Å²) in [5.41, 5.74) is 2.57. The Balaban J connectivity index is 1.24. The Bertz CT molecular complexity index is 1080. The van der Waals surface area contributed by atoms with E-state index >= 15 is 0 Å². The molecular weight excluding hydrogens is 426 g/mol. The fraction of sp³-hybridized carbons (Fsp3) is 0.571. The summed E-state index contributed by atoms with van der Waals surface area (Å²) in [4.78, 5) is 19.1. The number of aromatic nitrogens is 1. The highest BCUT2D eigenvalue weighted by molar-refractivity contribution is 6.00. The fourth-order valence-electron chi connectivity index (χ4n) is 7.29. The number of nitrogens with zero attached hydrogens (tertiary/aromatic N) is 2. The molecule has 1 saturated heterocycles. The molecule has 1 saturated carbocycles. The molecular formula is C28H35N3O3. The van der Waals surface area contributed by atoms with Crippen LogP contribution in [0.3, 0.4) is 0 Å². The van der Waals surface area contributed by atoms with Gasteiger partial charge < -0.3 is 20.1 Å². The molecule has 180 valence electrons. The molecule has 1 aromatic heterocycles. The van der Waals surface area contributed by atoms with Gasteiger partial charge in [-0.1, -0.05) is 31.0 Å². The zero-order valence-electron chi connectivity index (χ0n) is 20.1. The maximum absolute atomic E-state index is 12.7. The van der Waals surface area contributed by atoms with Crippen LogP contribution in [0.4, 0.5) is 0 Å². The van der Waals surface area contributed by atoms with Crippen LogP contribution in [0.25, 0.3) is 0 Å². The maximum Gasteiger partial charge on any atom is 0.256 e. The molecule has 0 radical (unpaired) electrons. The van der Waals surface area contributed by atoms with Crippen molar-refractivity contribution in [1.29, 1.82) is 0 Å². The van der Waals surface area contributed by atoms with Crippen LogP contribution < -0.4 is 5.32 Å². The topological polar surface area (TPSA) is 74.7 Å². The molecule has 1 spiro atoms. The average Bonchev–Trinajstić information content (AvgIpc) is 3.39. The summed E-state index contributed by atoms with van der Waals surface area (Å²) in [6.45, 7) is 1.66. The lowest BCUT2D eigenvalue weighted by Crippen LogP contribution is -2.48. The number of carbonyl (C=O) groups is 1. The van der Waals surface area contributed by atoms with Crippen molar-refractivity contribution in [2.24, 2.45) is 0 Å². The first kappa shape index (κ1) is 22.2. The predicted octanol–water partition coefficient (Wildman–Crippen LogP) is 4.19. The van der Waals surface area contributed by atoms with Crippen molar-refractivity contribution in [2.75, 3.05) is 20.2 Å². The number of ether oxygens (including phenoxy) is 1. The van der Waals surface area contributed by atoms with Gasteiger partial charge in [-0.3, -0.25) is 9.78 Å². The zero-order valence-corrected chi connectivity index (χ0v) is 20.1. The van der Waals surface area contributed by atoms with Gasteiger partial charge >= 0.3 is 0 Å². The quantitative estimate of drug-likeness (QED) is 0.699. The number of carbonyl (C=O) groups excluding carboxylic acids is 1. The fourth-order valence-corrected chi connectivity index (χ4v) is 7.29. The van der Waals surface area contributed by atoms with Gasteiger partial charge in [0.15, 0.2) is 5.72 Å². The van der Waals surface area contributed by atoms with E-state index in [9.17, 15) is 9.90 Å². The maximum atomic E-state index is 12.7. The van der Waals surface area contributed by atoms with E-state index in [-0.39, 0.29) is 23.0 Å². The molecule has 4 aliphatic rings. The SMILES string of the molecule is CN1C(=O)c2cccc3c2C1(O)CCC3NCC[C@@]1(c2ccccn2)CCOC2(CCCC2)C1. The second-order valence-corrected chi connectivity index (χ2v) is 10.9. The number of rotatable bonds is 5. The Morgan fingerprint density at radius 2 is 2.00 bits per heavy atom. The second-order valence-electron chi connectivity index (χ2n) is 10.9. The standard InChI is InChI=1S/C28H35N3O3/c1-31-25(32)21-8-6-7-20-22(10-13-28(31,33)24(20)21)29-17-14-26(23-9-2-5-16-30-23)15-18-34-27(19-26)11-3-4-12-27/h2,5-9,16,22,29,33H,3-4,10-15,17-19H2,1H3/t22?,26-,28?/m1/s1. The lowest BCUT2D eigenvalue weighted by atomic mass is 9.68. The van der Waals surface area contributed by atoms with E-state index in [4.69, 9.17) is 9.72 Å². The van der Waals surface area contributed by atoms with Gasteiger partial charge in [0.25, 0.3) is 5.91 Å². The van der Waals surface area contributed by atoms with Crippen molar-refractivity contribution < 1.29 is 14.6 Å². The normalized spacial score (nSPS) is 31.8. The molecule has 6 heteroatoms. The van der Waals surface area contributed by atoms with E-state index in [0.717, 1.165) is 62.8 Å². The van der Waals surface area contributed by atoms with E-state index in [1.54, 1.807) is 7.05 Å². The average molecular weight is 462 g/mol. The van der Waals surface area contributed by atoms with Crippen molar-refractivity contribution in [2.45, 2.75) is 80.6 Å². The highest BCUT2D eigenvalue weighted by atomic mass is 16.5. The van der Waals surface area contributed by atoms with Crippen LogP contribution in [0.2, 0.25) is 0 Å². The predicted molar refractivity (Wildman–Crippen MR) is 129 cm³/mol. The highest BCUT2D eigenvalue weighted by Crippen LogP contribution is 2.51. The lowest BCUT2D eigenvalue weighted by Gasteiger charge is -2.47. The van der Waals surface area contributed by atoms with Crippen LogP contribution in [0, 0.1) is 0 Å². The van der Waals surface area contributed by atoms with Crippen LogP contribution in [0.15, 0.2) is 42.6 Å². The van der Waals surface area contributed by atoms with Gasteiger partial charge in [0, 0.05) is 54.5 Å². The van der Waals surface area contributed by atoms with E-state index in [1.165, 1.54) is 23.4 Å². The Kier molecular flexibility index (Phi) is 5.32. The Labute approximate surface area is 201 Å². The number of hydrogen-bond donors (Lipinski definition) is 2. The first-order valence-electron chi connectivity index (χ1n) is 12.9. The summed E-state index contributed by atoms with van der Waals surface area (Å²) in [7, 11) is 1.71. The van der Waals surface area contributed by atoms with Crippen molar-refractivity contribution in [3.05, 3.63) is 65.0 Å². The minimum absolute atomic E-state index is 0.0150. The van der Waals surface area contributed by atoms with Gasteiger partial charge in [0.2, 0.25) is 0 Å². The van der Waals surface area contributed by atoms with Crippen molar-refractivity contribution >= 4 is 5.91 Å². The summed E-state index contributed by atoms with van der Waals surface area (Å²) in [5.74, 6) is -0.0850. The highest BCUT2D eigenvalue weighted by Gasteiger charge is 2.51. The van der Waals surface area contributed by atoms with Crippen molar-refractivity contribution in [3.63, 3.8) is 0 Å². The van der Waals surface area contributed by atoms with Gasteiger partial charge in [-0.05, 0) is 68.8 Å². The summed E-state index contributed by atoms with van der Waals surface area (Å²) < 4.78 is 6.40. The Hall–Kier alpha value is -2.28. The summed E-state index contributed by atoms with van der Waals surface area (Å²) in [6.07, 6.45) is 11.2. The molecule has 2 aliphatic heterocycles. The number of pyridine rings is 1. The van der Waals surface area contributed by atoms with E-state index in [2.05, 4.69) is 23.5 Å². The van der Waals surface area contributed by atoms with Crippen LogP contribution in [-0.4, -0.2) is 46.7 Å². The number of hydrogen-bond acceptors (Lipinski definition) is 5. The van der Waals surface area contributed by atoms with E-state index in [1.807, 2.05) is 24.4 Å². The second kappa shape index (κ2) is 8.14. The molecule has 2 N–H and O–H groups in total. The van der Waals surface area contributed by atoms with Gasteiger partial charge in [-0.2, -0.15) is 0 Å². The number of aliphatic hydroxyl groups is 1. The molecule has 1 aromatic carbocycles. The van der Waals surface area contributed by atoms with Crippen LogP contribution in [-0.2, 0) is 15.9 Å². The molecule has 2 aliphatic carbocycles. The lowest BCUT2D eigenvalue weighted by molar-refractivity contribution is -0.104. The summed E-state index contributed by atoms with van der Waals surface area (Å²) in [5, 5.41) is 15.1. The summed E-state index contributed by atoms with van der Waals surface area (Å²) >= 11 is 0. The molecule has 2 fully saturated rings.